The van der Waals surface area contributed by atoms with Crippen LogP contribution in [0.4, 0.5) is 16.2 Å². The number of fused-ring (bicyclic) bond motifs is 2. The van der Waals surface area contributed by atoms with Crippen molar-refractivity contribution in [2.45, 2.75) is 6.54 Å². The highest BCUT2D eigenvalue weighted by molar-refractivity contribution is 5.89. The van der Waals surface area contributed by atoms with E-state index in [0.717, 1.165) is 4.90 Å². The number of amides is 1. The Balaban J connectivity index is 2.17. The molecule has 2 aromatic carbocycles. The Morgan fingerprint density at radius 3 is 2.71 bits per heavy atom. The number of hydrogen-bond acceptors (Lipinski definition) is 4. The predicted octanol–water partition coefficient (Wildman–Crippen LogP) is 3.39. The van der Waals surface area contributed by atoms with Crippen LogP contribution in [0.2, 0.25) is 0 Å². The molecule has 0 bridgehead atoms. The molecule has 0 aliphatic carbocycles. The number of nitro groups is 1. The highest BCUT2D eigenvalue weighted by Crippen LogP contribution is 2.40. The molecular formula is C14H10N2O5. The molecule has 1 N–H and O–H groups in total. The van der Waals surface area contributed by atoms with Gasteiger partial charge in [-0.25, -0.2) is 4.79 Å². The van der Waals surface area contributed by atoms with Crippen LogP contribution in [0.1, 0.15) is 5.56 Å². The Kier molecular flexibility index (Phi) is 2.94. The highest BCUT2D eigenvalue weighted by Gasteiger charge is 2.26. The summed E-state index contributed by atoms with van der Waals surface area (Å²) in [7, 11) is 0. The molecule has 1 heterocycles. The quantitative estimate of drug-likeness (QED) is 0.640. The van der Waals surface area contributed by atoms with E-state index in [9.17, 15) is 20.0 Å². The third kappa shape index (κ3) is 2.25. The zero-order valence-electron chi connectivity index (χ0n) is 10.7. The van der Waals surface area contributed by atoms with Crippen LogP contribution in [0, 0.1) is 10.1 Å². The van der Waals surface area contributed by atoms with Crippen LogP contribution in [0.15, 0.2) is 42.5 Å². The van der Waals surface area contributed by atoms with Crippen LogP contribution in [0.25, 0.3) is 0 Å². The molecule has 0 radical (unpaired) electrons. The lowest BCUT2D eigenvalue weighted by Crippen LogP contribution is -2.27. The maximum atomic E-state index is 11.5. The number of hydrogen-bond donors (Lipinski definition) is 1. The first-order valence-corrected chi connectivity index (χ1v) is 6.11. The lowest BCUT2D eigenvalue weighted by Gasteiger charge is -2.17. The second-order valence-electron chi connectivity index (χ2n) is 4.49. The lowest BCUT2D eigenvalue weighted by molar-refractivity contribution is -0.384. The van der Waals surface area contributed by atoms with E-state index in [-0.39, 0.29) is 23.7 Å². The van der Waals surface area contributed by atoms with Crippen molar-refractivity contribution in [3.8, 4) is 11.5 Å². The first-order chi connectivity index (χ1) is 10.1. The van der Waals surface area contributed by atoms with Crippen molar-refractivity contribution < 1.29 is 19.6 Å². The number of non-ortho nitro benzene ring substituents is 1. The number of nitro benzene ring substituents is 1. The number of ether oxygens (including phenoxy) is 1. The average Bonchev–Trinajstić information content (AvgIpc) is 2.62. The van der Waals surface area contributed by atoms with Gasteiger partial charge in [0.05, 0.1) is 17.2 Å². The average molecular weight is 286 g/mol. The van der Waals surface area contributed by atoms with Crippen molar-refractivity contribution in [3.63, 3.8) is 0 Å². The van der Waals surface area contributed by atoms with E-state index >= 15 is 0 Å². The summed E-state index contributed by atoms with van der Waals surface area (Å²) in [5, 5.41) is 20.2. The van der Waals surface area contributed by atoms with Crippen LogP contribution < -0.4 is 9.64 Å². The molecule has 2 aromatic rings. The summed E-state index contributed by atoms with van der Waals surface area (Å²) in [6.45, 7) is 0.0691. The van der Waals surface area contributed by atoms with Gasteiger partial charge in [0.1, 0.15) is 5.75 Å². The minimum absolute atomic E-state index is 0.0691. The minimum Gasteiger partial charge on any atom is -0.465 e. The first kappa shape index (κ1) is 12.9. The molecule has 0 fully saturated rings. The van der Waals surface area contributed by atoms with E-state index in [1.807, 2.05) is 0 Å². The van der Waals surface area contributed by atoms with Gasteiger partial charge in [0.15, 0.2) is 5.75 Å². The van der Waals surface area contributed by atoms with E-state index in [1.54, 1.807) is 24.3 Å². The third-order valence-electron chi connectivity index (χ3n) is 3.20. The van der Waals surface area contributed by atoms with Crippen molar-refractivity contribution in [1.29, 1.82) is 0 Å². The van der Waals surface area contributed by atoms with Crippen LogP contribution in [-0.2, 0) is 6.54 Å². The van der Waals surface area contributed by atoms with Crippen molar-refractivity contribution in [2.24, 2.45) is 0 Å². The Labute approximate surface area is 119 Å². The van der Waals surface area contributed by atoms with Crippen LogP contribution in [0.3, 0.4) is 0 Å². The predicted molar refractivity (Wildman–Crippen MR) is 73.8 cm³/mol. The highest BCUT2D eigenvalue weighted by atomic mass is 16.6. The lowest BCUT2D eigenvalue weighted by atomic mass is 10.2. The van der Waals surface area contributed by atoms with Crippen molar-refractivity contribution in [2.75, 3.05) is 4.90 Å². The number of para-hydroxylation sites is 1. The summed E-state index contributed by atoms with van der Waals surface area (Å²) in [5.41, 5.74) is 0.668. The molecule has 1 aliphatic heterocycles. The second kappa shape index (κ2) is 4.78. The summed E-state index contributed by atoms with van der Waals surface area (Å²) in [5.74, 6) is 0.810. The normalized spacial score (nSPS) is 12.7. The van der Waals surface area contributed by atoms with Gasteiger partial charge < -0.3 is 9.84 Å². The third-order valence-corrected chi connectivity index (χ3v) is 3.20. The van der Waals surface area contributed by atoms with Gasteiger partial charge in [0.25, 0.3) is 5.69 Å². The molecule has 0 atom stereocenters. The molecule has 1 aliphatic rings. The van der Waals surface area contributed by atoms with E-state index in [4.69, 9.17) is 4.74 Å². The number of carboxylic acid groups (broad SMARTS) is 1. The van der Waals surface area contributed by atoms with Crippen LogP contribution in [0.5, 0.6) is 11.5 Å². The summed E-state index contributed by atoms with van der Waals surface area (Å²) >= 11 is 0. The maximum absolute atomic E-state index is 11.5. The van der Waals surface area contributed by atoms with Gasteiger partial charge in [0.2, 0.25) is 0 Å². The monoisotopic (exact) mass is 286 g/mol. The molecule has 0 spiro atoms. The fourth-order valence-corrected chi connectivity index (χ4v) is 2.20. The molecule has 3 rings (SSSR count). The molecule has 1 amide bonds. The molecular weight excluding hydrogens is 276 g/mol. The molecule has 0 saturated heterocycles. The smallest absolute Gasteiger partial charge is 0.412 e. The second-order valence-corrected chi connectivity index (χ2v) is 4.49. The molecule has 0 saturated carbocycles. The van der Waals surface area contributed by atoms with Crippen LogP contribution in [-0.4, -0.2) is 16.1 Å². The van der Waals surface area contributed by atoms with Crippen molar-refractivity contribution in [3.05, 3.63) is 58.1 Å². The zero-order chi connectivity index (χ0) is 15.0. The number of anilines is 1. The van der Waals surface area contributed by atoms with Gasteiger partial charge in [-0.15, -0.1) is 0 Å². The van der Waals surface area contributed by atoms with Gasteiger partial charge in [0, 0.05) is 17.7 Å². The minimum atomic E-state index is -1.20. The topological polar surface area (TPSA) is 92.9 Å². The van der Waals surface area contributed by atoms with Gasteiger partial charge in [-0.2, -0.15) is 0 Å². The summed E-state index contributed by atoms with van der Waals surface area (Å²) in [4.78, 5) is 22.8. The molecule has 7 nitrogen and oxygen atoms in total. The fraction of sp³-hybridized carbons (Fsp3) is 0.0714. The molecule has 0 unspecified atom stereocenters. The summed E-state index contributed by atoms with van der Waals surface area (Å²) in [6.07, 6.45) is -1.20. The SMILES string of the molecule is O=C(O)N1Cc2ccccc2Oc2ccc([N+](=O)[O-])cc21. The van der Waals surface area contributed by atoms with E-state index in [1.165, 1.54) is 18.2 Å². The Morgan fingerprint density at radius 2 is 2.00 bits per heavy atom. The van der Waals surface area contributed by atoms with E-state index in [0.29, 0.717) is 11.3 Å². The van der Waals surface area contributed by atoms with Crippen LogP contribution >= 0.6 is 0 Å². The molecule has 0 aromatic heterocycles. The molecule has 21 heavy (non-hydrogen) atoms. The van der Waals surface area contributed by atoms with Gasteiger partial charge >= 0.3 is 6.09 Å². The number of carbonyl (C=O) groups is 1. The van der Waals surface area contributed by atoms with E-state index < -0.39 is 11.0 Å². The molecule has 7 heteroatoms. The number of nitrogens with zero attached hydrogens (tertiary/aromatic N) is 2. The Hall–Kier alpha value is -3.09. The van der Waals surface area contributed by atoms with Gasteiger partial charge in [-0.05, 0) is 12.1 Å². The van der Waals surface area contributed by atoms with Crippen molar-refractivity contribution in [1.82, 2.24) is 0 Å². The van der Waals surface area contributed by atoms with Gasteiger partial charge in [-0.1, -0.05) is 18.2 Å². The van der Waals surface area contributed by atoms with Gasteiger partial charge in [-0.3, -0.25) is 15.0 Å². The Morgan fingerprint density at radius 1 is 1.24 bits per heavy atom. The summed E-state index contributed by atoms with van der Waals surface area (Å²) in [6, 6.07) is 10.9. The molecule has 106 valence electrons. The maximum Gasteiger partial charge on any atom is 0.412 e. The number of benzene rings is 2. The van der Waals surface area contributed by atoms with Crippen molar-refractivity contribution >= 4 is 17.5 Å². The standard InChI is InChI=1S/C14H10N2O5/c17-14(18)15-8-9-3-1-2-4-12(9)21-13-6-5-10(16(19)20)7-11(13)15/h1-7H,8H2,(H,17,18). The number of rotatable bonds is 1. The Bertz CT molecular complexity index is 744. The zero-order valence-corrected chi connectivity index (χ0v) is 10.7. The fourth-order valence-electron chi connectivity index (χ4n) is 2.20. The largest absolute Gasteiger partial charge is 0.465 e. The van der Waals surface area contributed by atoms with E-state index in [2.05, 4.69) is 0 Å². The first-order valence-electron chi connectivity index (χ1n) is 6.11. The summed E-state index contributed by atoms with van der Waals surface area (Å²) < 4.78 is 5.69.